The van der Waals surface area contributed by atoms with Gasteiger partial charge < -0.3 is 14.8 Å². The lowest BCUT2D eigenvalue weighted by molar-refractivity contribution is -0.0156. The van der Waals surface area contributed by atoms with Crippen molar-refractivity contribution in [2.75, 3.05) is 7.11 Å². The summed E-state index contributed by atoms with van der Waals surface area (Å²) in [6, 6.07) is 6.27. The average Bonchev–Trinajstić information content (AvgIpc) is 2.32. The summed E-state index contributed by atoms with van der Waals surface area (Å²) in [7, 11) is 1.70. The smallest absolute Gasteiger partial charge is 0.124 e. The van der Waals surface area contributed by atoms with Gasteiger partial charge in [-0.25, -0.2) is 0 Å². The van der Waals surface area contributed by atoms with Crippen LogP contribution in [0.25, 0.3) is 0 Å². The van der Waals surface area contributed by atoms with E-state index >= 15 is 0 Å². The summed E-state index contributed by atoms with van der Waals surface area (Å²) in [5.74, 6) is 0.883. The Morgan fingerprint density at radius 3 is 2.20 bits per heavy atom. The van der Waals surface area contributed by atoms with Crippen molar-refractivity contribution < 1.29 is 9.47 Å². The Bertz CT molecular complexity index is 428. The van der Waals surface area contributed by atoms with Gasteiger partial charge in [0.1, 0.15) is 5.75 Å². The minimum absolute atomic E-state index is 0.113. The maximum Gasteiger partial charge on any atom is 0.124 e. The van der Waals surface area contributed by atoms with E-state index < -0.39 is 0 Å². The number of methoxy groups -OCH3 is 1. The molecule has 114 valence electrons. The normalized spacial score (nSPS) is 12.6. The van der Waals surface area contributed by atoms with Gasteiger partial charge in [0.05, 0.1) is 19.3 Å². The molecule has 0 unspecified atom stereocenters. The number of rotatable bonds is 5. The molecule has 0 bridgehead atoms. The van der Waals surface area contributed by atoms with E-state index in [4.69, 9.17) is 9.47 Å². The lowest BCUT2D eigenvalue weighted by Gasteiger charge is -2.22. The summed E-state index contributed by atoms with van der Waals surface area (Å²) in [6.07, 6.45) is 0. The van der Waals surface area contributed by atoms with Crippen molar-refractivity contribution in [3.8, 4) is 5.75 Å². The minimum atomic E-state index is -0.148. The van der Waals surface area contributed by atoms with Crippen molar-refractivity contribution >= 4 is 0 Å². The molecule has 0 saturated heterocycles. The fourth-order valence-corrected chi connectivity index (χ4v) is 1.72. The molecule has 20 heavy (non-hydrogen) atoms. The monoisotopic (exact) mass is 279 g/mol. The van der Waals surface area contributed by atoms with Crippen LogP contribution in [0.2, 0.25) is 0 Å². The van der Waals surface area contributed by atoms with Gasteiger partial charge in [-0.1, -0.05) is 6.07 Å². The molecule has 0 aliphatic carbocycles. The number of nitrogens with one attached hydrogen (secondary N) is 1. The number of benzene rings is 1. The Kier molecular flexibility index (Phi) is 5.60. The standard InChI is InChI=1S/C17H29NO2/c1-16(2,3)18-11-13-8-9-15(19-7)14(10-13)12-20-17(4,5)6/h8-10,18H,11-12H2,1-7H3. The first kappa shape index (κ1) is 17.0. The predicted molar refractivity (Wildman–Crippen MR) is 84.1 cm³/mol. The van der Waals surface area contributed by atoms with Gasteiger partial charge in [-0.3, -0.25) is 0 Å². The summed E-state index contributed by atoms with van der Waals surface area (Å²) in [6.45, 7) is 14.1. The second kappa shape index (κ2) is 6.59. The summed E-state index contributed by atoms with van der Waals surface area (Å²) in [5, 5.41) is 3.49. The molecule has 1 aromatic rings. The molecule has 0 aromatic heterocycles. The first-order chi connectivity index (χ1) is 9.11. The molecule has 0 atom stereocenters. The molecule has 1 rings (SSSR count). The van der Waals surface area contributed by atoms with Gasteiger partial charge in [0, 0.05) is 17.6 Å². The maximum absolute atomic E-state index is 5.86. The van der Waals surface area contributed by atoms with Gasteiger partial charge in [0.2, 0.25) is 0 Å². The highest BCUT2D eigenvalue weighted by atomic mass is 16.5. The molecule has 0 radical (unpaired) electrons. The van der Waals surface area contributed by atoms with E-state index in [1.807, 2.05) is 6.07 Å². The number of ether oxygens (including phenoxy) is 2. The molecule has 0 aliphatic heterocycles. The van der Waals surface area contributed by atoms with Crippen LogP contribution in [0, 0.1) is 0 Å². The summed E-state index contributed by atoms with van der Waals surface area (Å²) in [4.78, 5) is 0. The highest BCUT2D eigenvalue weighted by Gasteiger charge is 2.14. The van der Waals surface area contributed by atoms with Crippen LogP contribution in [0.5, 0.6) is 5.75 Å². The topological polar surface area (TPSA) is 30.5 Å². The second-order valence-corrected chi connectivity index (χ2v) is 7.15. The predicted octanol–water partition coefficient (Wildman–Crippen LogP) is 3.90. The molecule has 0 spiro atoms. The zero-order valence-corrected chi connectivity index (χ0v) is 14.0. The second-order valence-electron chi connectivity index (χ2n) is 7.15. The van der Waals surface area contributed by atoms with Crippen LogP contribution in [0.3, 0.4) is 0 Å². The van der Waals surface area contributed by atoms with Crippen molar-refractivity contribution in [3.05, 3.63) is 29.3 Å². The number of hydrogen-bond acceptors (Lipinski definition) is 3. The molecule has 0 amide bonds. The van der Waals surface area contributed by atoms with Crippen LogP contribution in [0.4, 0.5) is 0 Å². The van der Waals surface area contributed by atoms with Crippen molar-refractivity contribution in [1.82, 2.24) is 5.32 Å². The van der Waals surface area contributed by atoms with Crippen LogP contribution in [0.15, 0.2) is 18.2 Å². The zero-order valence-electron chi connectivity index (χ0n) is 14.0. The van der Waals surface area contributed by atoms with Gasteiger partial charge in [0.15, 0.2) is 0 Å². The van der Waals surface area contributed by atoms with Crippen LogP contribution in [0.1, 0.15) is 52.7 Å². The Morgan fingerprint density at radius 2 is 1.70 bits per heavy atom. The third-order valence-electron chi connectivity index (χ3n) is 2.83. The molecular weight excluding hydrogens is 250 g/mol. The highest BCUT2D eigenvalue weighted by Crippen LogP contribution is 2.23. The van der Waals surface area contributed by atoms with Gasteiger partial charge in [-0.2, -0.15) is 0 Å². The Balaban J connectivity index is 2.80. The van der Waals surface area contributed by atoms with Gasteiger partial charge in [-0.05, 0) is 59.2 Å². The quantitative estimate of drug-likeness (QED) is 0.886. The largest absolute Gasteiger partial charge is 0.496 e. The minimum Gasteiger partial charge on any atom is -0.496 e. The highest BCUT2D eigenvalue weighted by molar-refractivity contribution is 5.37. The lowest BCUT2D eigenvalue weighted by atomic mass is 10.1. The van der Waals surface area contributed by atoms with Crippen molar-refractivity contribution in [3.63, 3.8) is 0 Å². The van der Waals surface area contributed by atoms with E-state index in [-0.39, 0.29) is 11.1 Å². The zero-order chi connectivity index (χ0) is 15.4. The van der Waals surface area contributed by atoms with Crippen molar-refractivity contribution in [2.45, 2.75) is 65.8 Å². The fraction of sp³-hybridized carbons (Fsp3) is 0.647. The first-order valence-electron chi connectivity index (χ1n) is 7.15. The van der Waals surface area contributed by atoms with Gasteiger partial charge >= 0.3 is 0 Å². The van der Waals surface area contributed by atoms with E-state index in [2.05, 4.69) is 59.0 Å². The molecule has 0 saturated carbocycles. The molecule has 1 aromatic carbocycles. The Hall–Kier alpha value is -1.06. The molecule has 1 N–H and O–H groups in total. The van der Waals surface area contributed by atoms with E-state index in [1.54, 1.807) is 7.11 Å². The van der Waals surface area contributed by atoms with E-state index in [0.29, 0.717) is 6.61 Å². The summed E-state index contributed by atoms with van der Waals surface area (Å²) < 4.78 is 11.3. The average molecular weight is 279 g/mol. The van der Waals surface area contributed by atoms with Crippen LogP contribution >= 0.6 is 0 Å². The van der Waals surface area contributed by atoms with Crippen LogP contribution < -0.4 is 10.1 Å². The fourth-order valence-electron chi connectivity index (χ4n) is 1.72. The Morgan fingerprint density at radius 1 is 1.05 bits per heavy atom. The van der Waals surface area contributed by atoms with Crippen molar-refractivity contribution in [1.29, 1.82) is 0 Å². The summed E-state index contributed by atoms with van der Waals surface area (Å²) in [5.41, 5.74) is 2.30. The van der Waals surface area contributed by atoms with Crippen LogP contribution in [-0.2, 0) is 17.9 Å². The molecule has 0 aliphatic rings. The molecule has 0 fully saturated rings. The third-order valence-corrected chi connectivity index (χ3v) is 2.83. The SMILES string of the molecule is COc1ccc(CNC(C)(C)C)cc1COC(C)(C)C. The van der Waals surface area contributed by atoms with Gasteiger partial charge in [-0.15, -0.1) is 0 Å². The Labute approximate surface area is 123 Å². The van der Waals surface area contributed by atoms with E-state index in [0.717, 1.165) is 17.9 Å². The first-order valence-corrected chi connectivity index (χ1v) is 7.15. The number of hydrogen-bond donors (Lipinski definition) is 1. The molecule has 3 heteroatoms. The van der Waals surface area contributed by atoms with E-state index in [9.17, 15) is 0 Å². The van der Waals surface area contributed by atoms with Crippen LogP contribution in [-0.4, -0.2) is 18.2 Å². The van der Waals surface area contributed by atoms with Crippen molar-refractivity contribution in [2.24, 2.45) is 0 Å². The maximum atomic E-state index is 5.86. The third kappa shape index (κ3) is 6.40. The molecular formula is C17H29NO2. The van der Waals surface area contributed by atoms with E-state index in [1.165, 1.54) is 5.56 Å². The van der Waals surface area contributed by atoms with Gasteiger partial charge in [0.25, 0.3) is 0 Å². The lowest BCUT2D eigenvalue weighted by Crippen LogP contribution is -2.35. The summed E-state index contributed by atoms with van der Waals surface area (Å²) >= 11 is 0. The molecule has 3 nitrogen and oxygen atoms in total. The molecule has 0 heterocycles.